The summed E-state index contributed by atoms with van der Waals surface area (Å²) in [6.07, 6.45) is 2.89. The molecule has 2 aromatic rings. The predicted octanol–water partition coefficient (Wildman–Crippen LogP) is 2.47. The standard InChI is InChI=1S/C15H15NO5/c1-19-9-6-12(20-2)14(13(7-9)21-3)11-8-16-5-4-10(11)15(17)18/h4-8H,1-3H3,(H,17,18). The van der Waals surface area contributed by atoms with Crippen LogP contribution >= 0.6 is 0 Å². The second-order valence-electron chi connectivity index (χ2n) is 4.13. The number of aromatic carboxylic acids is 1. The summed E-state index contributed by atoms with van der Waals surface area (Å²) < 4.78 is 15.9. The molecule has 110 valence electrons. The number of carboxylic acids is 1. The van der Waals surface area contributed by atoms with Gasteiger partial charge in [-0.05, 0) is 6.07 Å². The van der Waals surface area contributed by atoms with Crippen LogP contribution in [0.2, 0.25) is 0 Å². The maximum Gasteiger partial charge on any atom is 0.336 e. The minimum absolute atomic E-state index is 0.117. The van der Waals surface area contributed by atoms with E-state index >= 15 is 0 Å². The Morgan fingerprint density at radius 3 is 2.19 bits per heavy atom. The van der Waals surface area contributed by atoms with E-state index in [1.165, 1.54) is 39.8 Å². The van der Waals surface area contributed by atoms with Crippen LogP contribution in [0.1, 0.15) is 10.4 Å². The highest BCUT2D eigenvalue weighted by Gasteiger charge is 2.20. The van der Waals surface area contributed by atoms with Crippen molar-refractivity contribution in [3.8, 4) is 28.4 Å². The molecule has 0 amide bonds. The summed E-state index contributed by atoms with van der Waals surface area (Å²) in [4.78, 5) is 15.4. The van der Waals surface area contributed by atoms with E-state index in [9.17, 15) is 9.90 Å². The van der Waals surface area contributed by atoms with E-state index in [2.05, 4.69) is 4.98 Å². The van der Waals surface area contributed by atoms with Gasteiger partial charge in [0, 0.05) is 30.1 Å². The molecular weight excluding hydrogens is 274 g/mol. The largest absolute Gasteiger partial charge is 0.496 e. The van der Waals surface area contributed by atoms with Crippen molar-refractivity contribution in [3.05, 3.63) is 36.2 Å². The first-order chi connectivity index (χ1) is 10.1. The van der Waals surface area contributed by atoms with Crippen molar-refractivity contribution < 1.29 is 24.1 Å². The Bertz CT molecular complexity index is 644. The van der Waals surface area contributed by atoms with E-state index in [1.807, 2.05) is 0 Å². The van der Waals surface area contributed by atoms with E-state index in [-0.39, 0.29) is 5.56 Å². The van der Waals surface area contributed by atoms with E-state index in [0.717, 1.165) is 0 Å². The van der Waals surface area contributed by atoms with Crippen molar-refractivity contribution in [1.82, 2.24) is 4.98 Å². The van der Waals surface area contributed by atoms with Gasteiger partial charge in [-0.1, -0.05) is 0 Å². The maximum atomic E-state index is 11.4. The molecule has 0 saturated carbocycles. The molecule has 0 aliphatic heterocycles. The number of ether oxygens (including phenoxy) is 3. The fourth-order valence-corrected chi connectivity index (χ4v) is 2.05. The number of pyridine rings is 1. The zero-order valence-corrected chi connectivity index (χ0v) is 11.9. The van der Waals surface area contributed by atoms with Gasteiger partial charge in [-0.2, -0.15) is 0 Å². The van der Waals surface area contributed by atoms with Crippen molar-refractivity contribution in [2.45, 2.75) is 0 Å². The van der Waals surface area contributed by atoms with E-state index in [0.29, 0.717) is 28.4 Å². The fraction of sp³-hybridized carbons (Fsp3) is 0.200. The number of hydrogen-bond acceptors (Lipinski definition) is 5. The summed E-state index contributed by atoms with van der Waals surface area (Å²) in [7, 11) is 4.52. The van der Waals surface area contributed by atoms with Crippen molar-refractivity contribution >= 4 is 5.97 Å². The molecule has 0 spiro atoms. The zero-order chi connectivity index (χ0) is 15.4. The number of hydrogen-bond donors (Lipinski definition) is 1. The Morgan fingerprint density at radius 1 is 1.10 bits per heavy atom. The van der Waals surface area contributed by atoms with Gasteiger partial charge in [-0.15, -0.1) is 0 Å². The summed E-state index contributed by atoms with van der Waals surface area (Å²) in [5.74, 6) is 0.393. The first kappa shape index (κ1) is 14.6. The van der Waals surface area contributed by atoms with Gasteiger partial charge in [0.1, 0.15) is 17.2 Å². The molecule has 0 saturated heterocycles. The van der Waals surface area contributed by atoms with Crippen LogP contribution < -0.4 is 14.2 Å². The van der Waals surface area contributed by atoms with Gasteiger partial charge < -0.3 is 19.3 Å². The Hall–Kier alpha value is -2.76. The summed E-state index contributed by atoms with van der Waals surface area (Å²) in [6.45, 7) is 0. The Morgan fingerprint density at radius 2 is 1.71 bits per heavy atom. The first-order valence-electron chi connectivity index (χ1n) is 6.10. The molecule has 1 aromatic heterocycles. The molecule has 1 heterocycles. The van der Waals surface area contributed by atoms with Gasteiger partial charge in [0.05, 0.1) is 32.5 Å². The molecule has 2 rings (SSSR count). The van der Waals surface area contributed by atoms with Gasteiger partial charge in [0.15, 0.2) is 0 Å². The fourth-order valence-electron chi connectivity index (χ4n) is 2.05. The number of benzene rings is 1. The van der Waals surface area contributed by atoms with Gasteiger partial charge in [-0.25, -0.2) is 4.79 Å². The molecule has 0 aliphatic carbocycles. The van der Waals surface area contributed by atoms with Gasteiger partial charge in [0.25, 0.3) is 0 Å². The van der Waals surface area contributed by atoms with E-state index in [4.69, 9.17) is 14.2 Å². The molecule has 0 unspecified atom stereocenters. The SMILES string of the molecule is COc1cc(OC)c(-c2cnccc2C(=O)O)c(OC)c1. The van der Waals surface area contributed by atoms with Crippen molar-refractivity contribution in [1.29, 1.82) is 0 Å². The lowest BCUT2D eigenvalue weighted by Gasteiger charge is -2.16. The third-order valence-electron chi connectivity index (χ3n) is 3.04. The lowest BCUT2D eigenvalue weighted by Crippen LogP contribution is -2.02. The van der Waals surface area contributed by atoms with Gasteiger partial charge >= 0.3 is 5.97 Å². The maximum absolute atomic E-state index is 11.4. The minimum Gasteiger partial charge on any atom is -0.496 e. The van der Waals surface area contributed by atoms with Crippen LogP contribution in [0.25, 0.3) is 11.1 Å². The summed E-state index contributed by atoms with van der Waals surface area (Å²) in [6, 6.07) is 4.76. The topological polar surface area (TPSA) is 77.9 Å². The normalized spacial score (nSPS) is 10.0. The second kappa shape index (κ2) is 6.13. The van der Waals surface area contributed by atoms with E-state index < -0.39 is 5.97 Å². The monoisotopic (exact) mass is 289 g/mol. The van der Waals surface area contributed by atoms with Crippen LogP contribution in [0.5, 0.6) is 17.2 Å². The first-order valence-corrected chi connectivity index (χ1v) is 6.10. The number of aromatic nitrogens is 1. The Kier molecular flexibility index (Phi) is 4.27. The smallest absolute Gasteiger partial charge is 0.336 e. The molecule has 6 nitrogen and oxygen atoms in total. The quantitative estimate of drug-likeness (QED) is 0.911. The molecule has 0 atom stereocenters. The highest BCUT2D eigenvalue weighted by molar-refractivity contribution is 5.98. The molecule has 0 fully saturated rings. The number of carbonyl (C=O) groups is 1. The molecule has 0 radical (unpaired) electrons. The van der Waals surface area contributed by atoms with Crippen molar-refractivity contribution in [3.63, 3.8) is 0 Å². The van der Waals surface area contributed by atoms with Crippen LogP contribution in [0.3, 0.4) is 0 Å². The predicted molar refractivity (Wildman–Crippen MR) is 76.3 cm³/mol. The highest BCUT2D eigenvalue weighted by Crippen LogP contribution is 2.42. The van der Waals surface area contributed by atoms with Gasteiger partial charge in [-0.3, -0.25) is 4.98 Å². The van der Waals surface area contributed by atoms with Crippen LogP contribution in [0.4, 0.5) is 0 Å². The third kappa shape index (κ3) is 2.74. The molecule has 1 aromatic carbocycles. The highest BCUT2D eigenvalue weighted by atomic mass is 16.5. The third-order valence-corrected chi connectivity index (χ3v) is 3.04. The molecule has 6 heteroatoms. The Labute approximate surface area is 121 Å². The number of nitrogens with zero attached hydrogens (tertiary/aromatic N) is 1. The van der Waals surface area contributed by atoms with Crippen molar-refractivity contribution in [2.75, 3.05) is 21.3 Å². The second-order valence-corrected chi connectivity index (χ2v) is 4.13. The van der Waals surface area contributed by atoms with Crippen LogP contribution in [-0.2, 0) is 0 Å². The lowest BCUT2D eigenvalue weighted by molar-refractivity contribution is 0.0697. The molecular formula is C15H15NO5. The average Bonchev–Trinajstić information content (AvgIpc) is 2.53. The lowest BCUT2D eigenvalue weighted by atomic mass is 9.99. The summed E-state index contributed by atoms with van der Waals surface area (Å²) >= 11 is 0. The number of rotatable bonds is 5. The number of carboxylic acid groups (broad SMARTS) is 1. The molecule has 1 N–H and O–H groups in total. The molecule has 21 heavy (non-hydrogen) atoms. The minimum atomic E-state index is -1.05. The molecule has 0 aliphatic rings. The van der Waals surface area contributed by atoms with Crippen LogP contribution in [0, 0.1) is 0 Å². The van der Waals surface area contributed by atoms with Crippen LogP contribution in [-0.4, -0.2) is 37.4 Å². The zero-order valence-electron chi connectivity index (χ0n) is 11.9. The van der Waals surface area contributed by atoms with E-state index in [1.54, 1.807) is 12.1 Å². The Balaban J connectivity index is 2.76. The average molecular weight is 289 g/mol. The molecule has 0 bridgehead atoms. The van der Waals surface area contributed by atoms with Crippen molar-refractivity contribution in [2.24, 2.45) is 0 Å². The van der Waals surface area contributed by atoms with Crippen LogP contribution in [0.15, 0.2) is 30.6 Å². The number of methoxy groups -OCH3 is 3. The van der Waals surface area contributed by atoms with Gasteiger partial charge in [0.2, 0.25) is 0 Å². The summed E-state index contributed by atoms with van der Waals surface area (Å²) in [5, 5.41) is 9.32. The summed E-state index contributed by atoms with van der Waals surface area (Å²) in [5.41, 5.74) is 1.06.